The highest BCUT2D eigenvalue weighted by molar-refractivity contribution is 7.92. The van der Waals surface area contributed by atoms with E-state index in [1.807, 2.05) is 47.6 Å². The minimum absolute atomic E-state index is 0.0788. The van der Waals surface area contributed by atoms with E-state index in [9.17, 15) is 18.5 Å². The molecular weight excluding hydrogens is 564 g/mol. The molecule has 0 spiro atoms. The summed E-state index contributed by atoms with van der Waals surface area (Å²) in [6, 6.07) is 18.7. The van der Waals surface area contributed by atoms with E-state index in [0.717, 1.165) is 34.6 Å². The van der Waals surface area contributed by atoms with Gasteiger partial charge in [-0.15, -0.1) is 0 Å². The van der Waals surface area contributed by atoms with Crippen LogP contribution < -0.4 is 19.7 Å². The number of aromatic nitrogens is 2. The van der Waals surface area contributed by atoms with E-state index in [0.29, 0.717) is 22.2 Å². The first-order valence-electron chi connectivity index (χ1n) is 12.6. The summed E-state index contributed by atoms with van der Waals surface area (Å²) >= 11 is 5.82. The van der Waals surface area contributed by atoms with Crippen LogP contribution in [0, 0.1) is 24.0 Å². The number of anilines is 2. The topological polar surface area (TPSA) is 132 Å². The van der Waals surface area contributed by atoms with Gasteiger partial charge in [0.1, 0.15) is 11.4 Å². The molecule has 212 valence electrons. The molecule has 2 atom stereocenters. The Morgan fingerprint density at radius 2 is 1.83 bits per heavy atom. The van der Waals surface area contributed by atoms with E-state index < -0.39 is 14.9 Å². The maximum absolute atomic E-state index is 12.0. The summed E-state index contributed by atoms with van der Waals surface area (Å²) in [4.78, 5) is 18.2. The van der Waals surface area contributed by atoms with Gasteiger partial charge in [-0.1, -0.05) is 6.07 Å². The lowest BCUT2D eigenvalue weighted by Crippen LogP contribution is -2.29. The number of rotatable bonds is 8. The van der Waals surface area contributed by atoms with Crippen molar-refractivity contribution in [2.45, 2.75) is 25.9 Å². The molecule has 5 rings (SSSR count). The second kappa shape index (κ2) is 10.8. The predicted octanol–water partition coefficient (Wildman–Crippen LogP) is 4.95. The molecule has 3 heterocycles. The van der Waals surface area contributed by atoms with Crippen LogP contribution in [0.5, 0.6) is 5.75 Å². The highest BCUT2D eigenvalue weighted by atomic mass is 32.2. The van der Waals surface area contributed by atoms with Crippen molar-refractivity contribution in [2.24, 2.45) is 0 Å². The molecule has 4 aromatic rings. The monoisotopic (exact) mass is 592 g/mol. The normalized spacial score (nSPS) is 16.9. The molecule has 13 heteroatoms. The van der Waals surface area contributed by atoms with Crippen LogP contribution >= 0.6 is 12.2 Å². The van der Waals surface area contributed by atoms with Crippen molar-refractivity contribution >= 4 is 44.4 Å². The van der Waals surface area contributed by atoms with Gasteiger partial charge in [-0.2, -0.15) is 0 Å². The first-order chi connectivity index (χ1) is 19.5. The van der Waals surface area contributed by atoms with Crippen LogP contribution in [0.25, 0.3) is 5.69 Å². The number of hydrogen-bond acceptors (Lipinski definition) is 7. The number of nitrogens with one attached hydrogen (secondary N) is 2. The zero-order valence-corrected chi connectivity index (χ0v) is 24.4. The van der Waals surface area contributed by atoms with Gasteiger partial charge in [0.05, 0.1) is 42.1 Å². The minimum Gasteiger partial charge on any atom is -0.496 e. The number of hydrogen-bond donors (Lipinski definition) is 2. The van der Waals surface area contributed by atoms with Gasteiger partial charge in [0.15, 0.2) is 5.11 Å². The Morgan fingerprint density at radius 3 is 2.44 bits per heavy atom. The van der Waals surface area contributed by atoms with Gasteiger partial charge in [-0.3, -0.25) is 19.8 Å². The zero-order valence-electron chi connectivity index (χ0n) is 22.7. The van der Waals surface area contributed by atoms with E-state index in [4.69, 9.17) is 17.0 Å². The average Bonchev–Trinajstić information content (AvgIpc) is 3.43. The predicted molar refractivity (Wildman–Crippen MR) is 161 cm³/mol. The lowest BCUT2D eigenvalue weighted by atomic mass is 9.96. The highest BCUT2D eigenvalue weighted by Crippen LogP contribution is 2.44. The van der Waals surface area contributed by atoms with Crippen molar-refractivity contribution < 1.29 is 18.1 Å². The molecule has 1 saturated heterocycles. The van der Waals surface area contributed by atoms with Crippen LogP contribution in [-0.4, -0.2) is 41.4 Å². The number of nitrogens with zero attached hydrogens (tertiary/aromatic N) is 4. The van der Waals surface area contributed by atoms with E-state index >= 15 is 0 Å². The second-order valence-electron chi connectivity index (χ2n) is 9.69. The van der Waals surface area contributed by atoms with Crippen LogP contribution in [0.1, 0.15) is 34.7 Å². The molecule has 41 heavy (non-hydrogen) atoms. The van der Waals surface area contributed by atoms with Gasteiger partial charge < -0.3 is 19.5 Å². The molecule has 1 aliphatic heterocycles. The fourth-order valence-corrected chi connectivity index (χ4v) is 6.19. The number of methoxy groups -OCH3 is 1. The van der Waals surface area contributed by atoms with E-state index in [-0.39, 0.29) is 17.8 Å². The maximum Gasteiger partial charge on any atom is 0.296 e. The molecule has 11 nitrogen and oxygen atoms in total. The molecule has 0 saturated carbocycles. The molecule has 0 bridgehead atoms. The largest absolute Gasteiger partial charge is 0.496 e. The second-order valence-corrected chi connectivity index (χ2v) is 11.8. The minimum atomic E-state index is -3.44. The first kappa shape index (κ1) is 28.1. The molecule has 0 aliphatic carbocycles. The maximum atomic E-state index is 12.0. The smallest absolute Gasteiger partial charge is 0.296 e. The molecule has 0 radical (unpaired) electrons. The summed E-state index contributed by atoms with van der Waals surface area (Å²) in [7, 11) is -1.97. The Balaban J connectivity index is 1.66. The Morgan fingerprint density at radius 1 is 1.10 bits per heavy atom. The number of nitro benzene ring substituents is 1. The summed E-state index contributed by atoms with van der Waals surface area (Å²) in [5.41, 5.74) is 4.78. The number of benzene rings is 2. The number of thiocarbonyl (C=S) groups is 1. The van der Waals surface area contributed by atoms with Crippen molar-refractivity contribution in [1.29, 1.82) is 0 Å². The summed E-state index contributed by atoms with van der Waals surface area (Å²) < 4.78 is 33.0. The van der Waals surface area contributed by atoms with Crippen LogP contribution in [0.3, 0.4) is 0 Å². The Bertz CT molecular complexity index is 1740. The third kappa shape index (κ3) is 5.45. The molecule has 1 fully saturated rings. The van der Waals surface area contributed by atoms with Crippen molar-refractivity contribution in [3.05, 3.63) is 106 Å². The Hall–Kier alpha value is -4.49. The number of pyridine rings is 1. The molecule has 0 unspecified atom stereocenters. The van der Waals surface area contributed by atoms with E-state index in [1.165, 1.54) is 13.2 Å². The van der Waals surface area contributed by atoms with Gasteiger partial charge in [-0.05, 0) is 86.2 Å². The van der Waals surface area contributed by atoms with E-state index in [1.54, 1.807) is 42.6 Å². The summed E-state index contributed by atoms with van der Waals surface area (Å²) in [5.74, 6) is 0.392. The lowest BCUT2D eigenvalue weighted by molar-refractivity contribution is -0.384. The first-order valence-corrected chi connectivity index (χ1v) is 14.9. The Labute approximate surface area is 243 Å². The van der Waals surface area contributed by atoms with Crippen LogP contribution in [0.2, 0.25) is 0 Å². The van der Waals surface area contributed by atoms with Crippen LogP contribution in [0.4, 0.5) is 17.1 Å². The van der Waals surface area contributed by atoms with Gasteiger partial charge in [0, 0.05) is 29.0 Å². The van der Waals surface area contributed by atoms with Gasteiger partial charge in [-0.25, -0.2) is 8.42 Å². The number of nitro groups is 1. The molecule has 2 aromatic carbocycles. The van der Waals surface area contributed by atoms with Crippen molar-refractivity contribution in [2.75, 3.05) is 23.0 Å². The molecule has 2 aromatic heterocycles. The fourth-order valence-electron chi connectivity index (χ4n) is 5.28. The van der Waals surface area contributed by atoms with Crippen LogP contribution in [-0.2, 0) is 10.0 Å². The number of sulfonamides is 1. The van der Waals surface area contributed by atoms with Gasteiger partial charge in [0.25, 0.3) is 5.69 Å². The SMILES string of the molecule is COc1ccc(-n2c(C)cc([C@H]3[C@H](c4ccccn4)NC(=S)N3c3ccc(NS(C)(=O)=O)cc3)c2C)c([N+](=O)[O-])c1. The molecular formula is C28H28N6O5S2. The van der Waals surface area contributed by atoms with Crippen molar-refractivity contribution in [3.8, 4) is 11.4 Å². The molecule has 1 aliphatic rings. The number of ether oxygens (including phenoxy) is 1. The average molecular weight is 593 g/mol. The highest BCUT2D eigenvalue weighted by Gasteiger charge is 2.42. The third-order valence-electron chi connectivity index (χ3n) is 6.96. The summed E-state index contributed by atoms with van der Waals surface area (Å²) in [6.45, 7) is 3.82. The summed E-state index contributed by atoms with van der Waals surface area (Å²) in [6.07, 6.45) is 2.81. The molecule has 0 amide bonds. The Kier molecular flexibility index (Phi) is 7.41. The van der Waals surface area contributed by atoms with Gasteiger partial charge in [0.2, 0.25) is 10.0 Å². The quantitative estimate of drug-likeness (QED) is 0.166. The third-order valence-corrected chi connectivity index (χ3v) is 7.88. The lowest BCUT2D eigenvalue weighted by Gasteiger charge is -2.28. The van der Waals surface area contributed by atoms with Crippen LogP contribution in [0.15, 0.2) is 72.9 Å². The van der Waals surface area contributed by atoms with Crippen molar-refractivity contribution in [1.82, 2.24) is 14.9 Å². The zero-order chi connectivity index (χ0) is 29.5. The van der Waals surface area contributed by atoms with E-state index in [2.05, 4.69) is 15.0 Å². The van der Waals surface area contributed by atoms with Crippen molar-refractivity contribution in [3.63, 3.8) is 0 Å². The van der Waals surface area contributed by atoms with Gasteiger partial charge >= 0.3 is 0 Å². The standard InChI is InChI=1S/C28H28N6O5S2/c1-17-15-22(18(2)32(17)24-13-12-21(39-3)16-25(24)34(35)36)27-26(23-7-5-6-14-29-23)30-28(40)33(27)20-10-8-19(9-11-20)31-41(4,37)38/h5-16,26-27,31H,1-4H3,(H,30,40)/t26-,27-/m0/s1. The fraction of sp³-hybridized carbons (Fsp3) is 0.214. The number of aryl methyl sites for hydroxylation is 1. The molecule has 2 N–H and O–H groups in total. The summed E-state index contributed by atoms with van der Waals surface area (Å²) in [5, 5.41) is 15.9.